The molecule has 0 N–H and O–H groups in total. The van der Waals surface area contributed by atoms with Gasteiger partial charge in [-0.3, -0.25) is 0 Å². The van der Waals surface area contributed by atoms with E-state index in [1.807, 2.05) is 62.4 Å². The molecule has 0 radical (unpaired) electrons. The second-order valence-corrected chi connectivity index (χ2v) is 11.6. The summed E-state index contributed by atoms with van der Waals surface area (Å²) in [7, 11) is 0. The van der Waals surface area contributed by atoms with Gasteiger partial charge in [-0.25, -0.2) is 8.78 Å². The smallest absolute Gasteiger partial charge is 0.135 e. The lowest BCUT2D eigenvalue weighted by atomic mass is 10.1. The van der Waals surface area contributed by atoms with Gasteiger partial charge in [0.1, 0.15) is 34.2 Å². The minimum absolute atomic E-state index is 0.282. The van der Waals surface area contributed by atoms with Gasteiger partial charge >= 0.3 is 0 Å². The van der Waals surface area contributed by atoms with Crippen molar-refractivity contribution in [2.75, 3.05) is 13.2 Å². The Labute approximate surface area is 242 Å². The highest BCUT2D eigenvalue weighted by Crippen LogP contribution is 2.43. The minimum Gasteiger partial charge on any atom is -0.494 e. The highest BCUT2D eigenvalue weighted by Gasteiger charge is 2.19. The van der Waals surface area contributed by atoms with E-state index in [0.29, 0.717) is 42.3 Å². The summed E-state index contributed by atoms with van der Waals surface area (Å²) >= 11 is 4.20. The number of hydrogen-bond donors (Lipinski definition) is 0. The van der Waals surface area contributed by atoms with Crippen molar-refractivity contribution in [3.8, 4) is 37.1 Å². The molecule has 2 aromatic carbocycles. The molecule has 0 unspecified atom stereocenters. The number of halogens is 2. The average Bonchev–Trinajstić information content (AvgIpc) is 3.70. The summed E-state index contributed by atoms with van der Waals surface area (Å²) in [5.41, 5.74) is 4.67. The highest BCUT2D eigenvalue weighted by atomic mass is 32.1. The first-order valence-corrected chi connectivity index (χ1v) is 15.2. The lowest BCUT2D eigenvalue weighted by Gasteiger charge is -2.06. The third-order valence-electron chi connectivity index (χ3n) is 6.45. The predicted molar refractivity (Wildman–Crippen MR) is 162 cm³/mol. The molecule has 0 fully saturated rings. The Hall–Kier alpha value is -3.66. The Balaban J connectivity index is 1.32. The van der Waals surface area contributed by atoms with Crippen LogP contribution in [0.25, 0.3) is 47.9 Å². The van der Waals surface area contributed by atoms with Crippen LogP contribution < -0.4 is 4.74 Å². The molecule has 202 valence electrons. The number of benzene rings is 2. The van der Waals surface area contributed by atoms with E-state index < -0.39 is 0 Å². The van der Waals surface area contributed by atoms with Gasteiger partial charge in [0.15, 0.2) is 0 Å². The monoisotopic (exact) mass is 590 g/mol. The molecule has 40 heavy (non-hydrogen) atoms. The van der Waals surface area contributed by atoms with Crippen LogP contribution in [0.15, 0.2) is 84.4 Å². The first kappa shape index (κ1) is 26.6. The van der Waals surface area contributed by atoms with E-state index in [9.17, 15) is 4.39 Å². The molecule has 0 atom stereocenters. The van der Waals surface area contributed by atoms with Crippen molar-refractivity contribution in [2.24, 2.45) is 0 Å². The van der Waals surface area contributed by atoms with Gasteiger partial charge in [0.25, 0.3) is 0 Å². The molecule has 4 nitrogen and oxygen atoms in total. The van der Waals surface area contributed by atoms with Crippen molar-refractivity contribution >= 4 is 51.0 Å². The molecule has 0 amide bonds. The van der Waals surface area contributed by atoms with Gasteiger partial charge in [0.2, 0.25) is 0 Å². The zero-order valence-electron chi connectivity index (χ0n) is 21.7. The standard InChI is InChI=1S/C31H24F2N2O2S3/c1-3-36-18-6-5-7-20(24(32)16-18)26-12-14-28(38-26)22-10-11-23(31-30(22)34-40-35-31)29-15-13-27(39-29)21-9-8-19(37-4-2)17-25(21)33/h5-6,8-17H,3-4,7H2,1-2H3. The van der Waals surface area contributed by atoms with E-state index >= 15 is 4.39 Å². The predicted octanol–water partition coefficient (Wildman–Crippen LogP) is 9.91. The third kappa shape index (κ3) is 5.12. The molecule has 0 saturated heterocycles. The molecule has 0 bridgehead atoms. The fourth-order valence-electron chi connectivity index (χ4n) is 4.61. The van der Waals surface area contributed by atoms with Gasteiger partial charge < -0.3 is 9.47 Å². The van der Waals surface area contributed by atoms with E-state index in [-0.39, 0.29) is 11.6 Å². The third-order valence-corrected chi connectivity index (χ3v) is 9.30. The lowest BCUT2D eigenvalue weighted by molar-refractivity contribution is 0.242. The van der Waals surface area contributed by atoms with E-state index in [4.69, 9.17) is 9.47 Å². The maximum atomic E-state index is 15.1. The molecule has 1 aliphatic carbocycles. The number of allylic oxidation sites excluding steroid dienone is 5. The topological polar surface area (TPSA) is 44.2 Å². The van der Waals surface area contributed by atoms with E-state index in [0.717, 1.165) is 53.4 Å². The van der Waals surface area contributed by atoms with Crippen LogP contribution in [0, 0.1) is 5.82 Å². The van der Waals surface area contributed by atoms with Crippen LogP contribution in [0.2, 0.25) is 0 Å². The number of aromatic nitrogens is 2. The fraction of sp³-hybridized carbons (Fsp3) is 0.161. The number of nitrogens with zero attached hydrogens (tertiary/aromatic N) is 2. The summed E-state index contributed by atoms with van der Waals surface area (Å²) in [6.45, 7) is 4.73. The summed E-state index contributed by atoms with van der Waals surface area (Å²) < 4.78 is 50.0. The van der Waals surface area contributed by atoms with Crippen molar-refractivity contribution in [3.63, 3.8) is 0 Å². The van der Waals surface area contributed by atoms with Gasteiger partial charge in [0, 0.05) is 53.9 Å². The van der Waals surface area contributed by atoms with Crippen molar-refractivity contribution in [1.82, 2.24) is 8.75 Å². The normalized spacial score (nSPS) is 13.6. The molecule has 0 spiro atoms. The Morgan fingerprint density at radius 3 is 2.00 bits per heavy atom. The molecule has 9 heteroatoms. The quantitative estimate of drug-likeness (QED) is 0.180. The lowest BCUT2D eigenvalue weighted by Crippen LogP contribution is -1.92. The van der Waals surface area contributed by atoms with Crippen LogP contribution >= 0.6 is 34.4 Å². The molecule has 3 aromatic heterocycles. The summed E-state index contributed by atoms with van der Waals surface area (Å²) in [5, 5.41) is 0. The highest BCUT2D eigenvalue weighted by molar-refractivity contribution is 7.19. The van der Waals surface area contributed by atoms with Gasteiger partial charge in [-0.2, -0.15) is 8.75 Å². The van der Waals surface area contributed by atoms with E-state index in [1.165, 1.54) is 34.8 Å². The second kappa shape index (κ2) is 11.4. The number of hydrogen-bond acceptors (Lipinski definition) is 7. The van der Waals surface area contributed by atoms with E-state index in [2.05, 4.69) is 8.75 Å². The molecule has 0 saturated carbocycles. The molecule has 3 heterocycles. The second-order valence-electron chi connectivity index (χ2n) is 8.94. The summed E-state index contributed by atoms with van der Waals surface area (Å²) in [5.74, 6) is 0.447. The molecular formula is C31H24F2N2O2S3. The molecule has 6 rings (SSSR count). The Morgan fingerprint density at radius 2 is 1.35 bits per heavy atom. The number of fused-ring (bicyclic) bond motifs is 1. The number of rotatable bonds is 8. The van der Waals surface area contributed by atoms with Crippen LogP contribution in [0.5, 0.6) is 5.75 Å². The zero-order chi connectivity index (χ0) is 27.6. The van der Waals surface area contributed by atoms with Crippen LogP contribution in [-0.2, 0) is 4.74 Å². The molecule has 0 aliphatic heterocycles. The van der Waals surface area contributed by atoms with Crippen molar-refractivity contribution < 1.29 is 18.3 Å². The van der Waals surface area contributed by atoms with Crippen molar-refractivity contribution in [1.29, 1.82) is 0 Å². The Kier molecular flexibility index (Phi) is 7.60. The number of ether oxygens (including phenoxy) is 2. The van der Waals surface area contributed by atoms with Crippen LogP contribution in [0.3, 0.4) is 0 Å². The minimum atomic E-state index is -0.316. The first-order valence-electron chi connectivity index (χ1n) is 12.8. The summed E-state index contributed by atoms with van der Waals surface area (Å²) in [6.07, 6.45) is 5.68. The summed E-state index contributed by atoms with van der Waals surface area (Å²) in [6, 6.07) is 16.9. The maximum Gasteiger partial charge on any atom is 0.135 e. The molecule has 1 aliphatic rings. The van der Waals surface area contributed by atoms with E-state index in [1.54, 1.807) is 12.1 Å². The van der Waals surface area contributed by atoms with Gasteiger partial charge in [-0.05, 0) is 62.7 Å². The summed E-state index contributed by atoms with van der Waals surface area (Å²) in [4.78, 5) is 3.67. The Morgan fingerprint density at radius 1 is 0.750 bits per heavy atom. The fourth-order valence-corrected chi connectivity index (χ4v) is 7.33. The molecule has 5 aromatic rings. The molecular weight excluding hydrogens is 567 g/mol. The van der Waals surface area contributed by atoms with Gasteiger partial charge in [-0.1, -0.05) is 18.2 Å². The average molecular weight is 591 g/mol. The van der Waals surface area contributed by atoms with Crippen molar-refractivity contribution in [2.45, 2.75) is 20.3 Å². The van der Waals surface area contributed by atoms with Crippen LogP contribution in [0.1, 0.15) is 25.1 Å². The first-order chi connectivity index (χ1) is 19.6. The van der Waals surface area contributed by atoms with Crippen molar-refractivity contribution in [3.05, 3.63) is 95.1 Å². The van der Waals surface area contributed by atoms with Crippen LogP contribution in [-0.4, -0.2) is 22.0 Å². The maximum absolute atomic E-state index is 15.1. The largest absolute Gasteiger partial charge is 0.494 e. The zero-order valence-corrected chi connectivity index (χ0v) is 24.2. The van der Waals surface area contributed by atoms with Gasteiger partial charge in [-0.15, -0.1) is 22.7 Å². The van der Waals surface area contributed by atoms with Gasteiger partial charge in [0.05, 0.1) is 24.9 Å². The Bertz CT molecular complexity index is 1790. The number of thiophene rings is 2. The van der Waals surface area contributed by atoms with Crippen LogP contribution in [0.4, 0.5) is 8.78 Å². The SMILES string of the molecule is CCOC1=CC(F)=C(c2ccc(-c3ccc(-c4ccc(-c5ccc(OCC)cc5F)s4)c4nsnc34)s2)CC=C1.